The zero-order valence-electron chi connectivity index (χ0n) is 5.50. The summed E-state index contributed by atoms with van der Waals surface area (Å²) in [5.74, 6) is -1.29. The first kappa shape index (κ1) is 7.65. The van der Waals surface area contributed by atoms with Crippen LogP contribution in [0, 0.1) is 0 Å². The molecule has 0 fully saturated rings. The van der Waals surface area contributed by atoms with Gasteiger partial charge >= 0.3 is 5.91 Å². The van der Waals surface area contributed by atoms with Gasteiger partial charge < -0.3 is 0 Å². The number of rotatable bonds is 1. The summed E-state index contributed by atoms with van der Waals surface area (Å²) < 4.78 is 23.2. The number of carbonyl (C=O) groups is 1. The zero-order valence-corrected chi connectivity index (χ0v) is 5.50. The van der Waals surface area contributed by atoms with Crippen LogP contribution in [0.3, 0.4) is 0 Å². The van der Waals surface area contributed by atoms with Gasteiger partial charge in [0.25, 0.3) is 0 Å². The van der Waals surface area contributed by atoms with E-state index in [1.165, 1.54) is 24.3 Å². The third-order valence-corrected chi connectivity index (χ3v) is 1.17. The maximum absolute atomic E-state index is 11.6. The fourth-order valence-corrected chi connectivity index (χ4v) is 0.678. The second kappa shape index (κ2) is 3.09. The van der Waals surface area contributed by atoms with E-state index in [1.54, 1.807) is 6.07 Å². The first-order valence-corrected chi connectivity index (χ1v) is 2.93. The Balaban J connectivity index is 2.86. The third kappa shape index (κ3) is 1.73. The van der Waals surface area contributed by atoms with Crippen molar-refractivity contribution in [3.05, 3.63) is 35.9 Å². The van der Waals surface area contributed by atoms with Crippen molar-refractivity contribution in [2.75, 3.05) is 0 Å². The molecule has 1 rings (SSSR count). The molecule has 0 N–H and O–H groups in total. The van der Waals surface area contributed by atoms with Crippen molar-refractivity contribution in [3.63, 3.8) is 0 Å². The molecule has 0 spiro atoms. The van der Waals surface area contributed by atoms with Crippen LogP contribution in [0.5, 0.6) is 0 Å². The van der Waals surface area contributed by atoms with Crippen molar-refractivity contribution in [2.45, 2.75) is 0 Å². The first-order chi connectivity index (χ1) is 5.22. The molecule has 58 valence electrons. The highest BCUT2D eigenvalue weighted by molar-refractivity contribution is 5.92. The molecule has 0 heterocycles. The highest BCUT2D eigenvalue weighted by Gasteiger charge is 2.12. The van der Waals surface area contributed by atoms with Crippen LogP contribution in [0.1, 0.15) is 10.4 Å². The van der Waals surface area contributed by atoms with Crippen LogP contribution in [0.2, 0.25) is 0 Å². The van der Waals surface area contributed by atoms with Gasteiger partial charge in [0.2, 0.25) is 0 Å². The maximum atomic E-state index is 11.6. The molecule has 0 saturated heterocycles. The topological polar surface area (TPSA) is 20.3 Å². The largest absolute Gasteiger partial charge is 0.314 e. The standard InChI is InChI=1S/C7H5F2NO/c8-10(9)7(11)6-4-2-1-3-5-6/h1-5H. The van der Waals surface area contributed by atoms with Crippen LogP contribution in [-0.4, -0.2) is 11.3 Å². The quantitative estimate of drug-likeness (QED) is 0.570. The molecule has 0 atom stereocenters. The number of benzene rings is 1. The van der Waals surface area contributed by atoms with Crippen molar-refractivity contribution in [2.24, 2.45) is 0 Å². The molecule has 0 aromatic heterocycles. The Morgan fingerprint density at radius 2 is 1.73 bits per heavy atom. The minimum Gasteiger partial charge on any atom is -0.263 e. The highest BCUT2D eigenvalue weighted by Crippen LogP contribution is 2.04. The first-order valence-electron chi connectivity index (χ1n) is 2.93. The van der Waals surface area contributed by atoms with E-state index < -0.39 is 11.3 Å². The highest BCUT2D eigenvalue weighted by atomic mass is 19.4. The molecule has 1 aromatic carbocycles. The average molecular weight is 157 g/mol. The number of halogens is 2. The van der Waals surface area contributed by atoms with Gasteiger partial charge in [-0.1, -0.05) is 27.2 Å². The Hall–Kier alpha value is -1.45. The van der Waals surface area contributed by atoms with Crippen LogP contribution in [0.15, 0.2) is 30.3 Å². The van der Waals surface area contributed by atoms with Crippen molar-refractivity contribution < 1.29 is 13.8 Å². The normalized spacial score (nSPS) is 9.27. The summed E-state index contributed by atoms with van der Waals surface area (Å²) in [6.45, 7) is 0. The third-order valence-electron chi connectivity index (χ3n) is 1.17. The summed E-state index contributed by atoms with van der Waals surface area (Å²) in [6, 6.07) is 7.36. The Bertz CT molecular complexity index is 248. The Morgan fingerprint density at radius 3 is 2.18 bits per heavy atom. The molecule has 1 aromatic rings. The van der Waals surface area contributed by atoms with Gasteiger partial charge in [-0.25, -0.2) is 0 Å². The van der Waals surface area contributed by atoms with E-state index in [2.05, 4.69) is 0 Å². The van der Waals surface area contributed by atoms with Gasteiger partial charge in [0, 0.05) is 10.9 Å². The maximum Gasteiger partial charge on any atom is 0.314 e. The number of hydrogen-bond acceptors (Lipinski definition) is 1. The van der Waals surface area contributed by atoms with Gasteiger partial charge in [-0.05, 0) is 12.1 Å². The molecular formula is C7H5F2NO. The lowest BCUT2D eigenvalue weighted by Crippen LogP contribution is -2.12. The monoisotopic (exact) mass is 157 g/mol. The number of amides is 1. The van der Waals surface area contributed by atoms with Gasteiger partial charge in [-0.15, -0.1) is 0 Å². The van der Waals surface area contributed by atoms with Crippen LogP contribution >= 0.6 is 0 Å². The molecule has 4 heteroatoms. The summed E-state index contributed by atoms with van der Waals surface area (Å²) in [5.41, 5.74) is -0.0162. The van der Waals surface area contributed by atoms with Crippen LogP contribution in [-0.2, 0) is 0 Å². The van der Waals surface area contributed by atoms with Gasteiger partial charge in [-0.2, -0.15) is 0 Å². The minimum absolute atomic E-state index is 0.0162. The Labute approximate surface area is 61.9 Å². The molecular weight excluding hydrogens is 152 g/mol. The van der Waals surface area contributed by atoms with Crippen LogP contribution in [0.4, 0.5) is 8.96 Å². The summed E-state index contributed by atoms with van der Waals surface area (Å²) in [5, 5.41) is -1.44. The summed E-state index contributed by atoms with van der Waals surface area (Å²) in [7, 11) is 0. The second-order valence-corrected chi connectivity index (χ2v) is 1.90. The van der Waals surface area contributed by atoms with Gasteiger partial charge in [0.15, 0.2) is 0 Å². The fraction of sp³-hybridized carbons (Fsp3) is 0. The molecule has 11 heavy (non-hydrogen) atoms. The van der Waals surface area contributed by atoms with Crippen molar-refractivity contribution >= 4 is 5.91 Å². The molecule has 2 nitrogen and oxygen atoms in total. The van der Waals surface area contributed by atoms with Crippen molar-refractivity contribution in [1.29, 1.82) is 0 Å². The number of carbonyl (C=O) groups excluding carboxylic acids is 1. The predicted octanol–water partition coefficient (Wildman–Crippen LogP) is 1.90. The smallest absolute Gasteiger partial charge is 0.263 e. The molecule has 0 radical (unpaired) electrons. The summed E-state index contributed by atoms with van der Waals surface area (Å²) in [6.07, 6.45) is 0. The minimum atomic E-state index is -1.44. The van der Waals surface area contributed by atoms with Crippen molar-refractivity contribution in [3.8, 4) is 0 Å². The van der Waals surface area contributed by atoms with Gasteiger partial charge in [0.05, 0.1) is 0 Å². The van der Waals surface area contributed by atoms with E-state index in [0.717, 1.165) is 0 Å². The van der Waals surface area contributed by atoms with E-state index in [4.69, 9.17) is 0 Å². The number of hydrogen-bond donors (Lipinski definition) is 0. The zero-order chi connectivity index (χ0) is 8.27. The van der Waals surface area contributed by atoms with Gasteiger partial charge in [0.1, 0.15) is 0 Å². The molecule has 0 aliphatic carbocycles. The van der Waals surface area contributed by atoms with Crippen LogP contribution in [0.25, 0.3) is 0 Å². The summed E-state index contributed by atoms with van der Waals surface area (Å²) >= 11 is 0. The Kier molecular flexibility index (Phi) is 2.15. The molecule has 1 amide bonds. The molecule has 0 aliphatic rings. The van der Waals surface area contributed by atoms with E-state index in [9.17, 15) is 13.8 Å². The van der Waals surface area contributed by atoms with E-state index in [-0.39, 0.29) is 5.56 Å². The number of nitrogens with zero attached hydrogens (tertiary/aromatic N) is 1. The SMILES string of the molecule is O=C(c1ccccc1)N(F)F. The lowest BCUT2D eigenvalue weighted by atomic mass is 10.2. The van der Waals surface area contributed by atoms with E-state index in [1.807, 2.05) is 0 Å². The average Bonchev–Trinajstić information content (AvgIpc) is 2.05. The van der Waals surface area contributed by atoms with Crippen LogP contribution < -0.4 is 0 Å². The Morgan fingerprint density at radius 1 is 1.18 bits per heavy atom. The van der Waals surface area contributed by atoms with Crippen molar-refractivity contribution in [1.82, 2.24) is 5.34 Å². The molecule has 0 bridgehead atoms. The lowest BCUT2D eigenvalue weighted by Gasteiger charge is -1.98. The fourth-order valence-electron chi connectivity index (χ4n) is 0.678. The lowest BCUT2D eigenvalue weighted by molar-refractivity contribution is -0.108. The predicted molar refractivity (Wildman–Crippen MR) is 34.8 cm³/mol. The van der Waals surface area contributed by atoms with E-state index in [0.29, 0.717) is 0 Å². The molecule has 0 saturated carbocycles. The summed E-state index contributed by atoms with van der Waals surface area (Å²) in [4.78, 5) is 10.5. The second-order valence-electron chi connectivity index (χ2n) is 1.90. The molecule has 0 aliphatic heterocycles. The van der Waals surface area contributed by atoms with E-state index >= 15 is 0 Å². The molecule has 0 unspecified atom stereocenters. The van der Waals surface area contributed by atoms with Gasteiger partial charge in [-0.3, -0.25) is 4.79 Å².